The highest BCUT2D eigenvalue weighted by molar-refractivity contribution is 5.73. The molecule has 4 heteroatoms. The van der Waals surface area contributed by atoms with E-state index in [1.54, 1.807) is 0 Å². The number of benzene rings is 1. The van der Waals surface area contributed by atoms with E-state index in [0.29, 0.717) is 18.4 Å². The molecule has 0 spiro atoms. The lowest BCUT2D eigenvalue weighted by Gasteiger charge is -2.21. The molecule has 4 nitrogen and oxygen atoms in total. The predicted octanol–water partition coefficient (Wildman–Crippen LogP) is 4.21. The summed E-state index contributed by atoms with van der Waals surface area (Å²) in [5, 5.41) is 0. The number of likely N-dealkylation sites (tertiary alicyclic amines) is 2. The number of allylic oxidation sites excluding steroid dienone is 1. The van der Waals surface area contributed by atoms with E-state index in [2.05, 4.69) is 42.2 Å². The molecule has 3 atom stereocenters. The number of carbonyl (C=O) groups is 1. The first-order valence-electron chi connectivity index (χ1n) is 10.6. The zero-order valence-corrected chi connectivity index (χ0v) is 16.7. The molecule has 1 aromatic rings. The van der Waals surface area contributed by atoms with Crippen LogP contribution in [0.25, 0.3) is 5.57 Å². The Bertz CT molecular complexity index is 697. The van der Waals surface area contributed by atoms with Gasteiger partial charge in [-0.15, -0.1) is 0 Å². The summed E-state index contributed by atoms with van der Waals surface area (Å²) < 4.78 is 5.19. The van der Waals surface area contributed by atoms with Crippen LogP contribution in [0.3, 0.4) is 0 Å². The Kier molecular flexibility index (Phi) is 5.53. The molecule has 2 saturated heterocycles. The summed E-state index contributed by atoms with van der Waals surface area (Å²) in [5.74, 6) is 1.02. The summed E-state index contributed by atoms with van der Waals surface area (Å²) in [6, 6.07) is 9.90. The molecule has 1 amide bonds. The SMILES string of the molecule is CCOC(=O)N1CC2CC=C(c3ccc(CCN4CCCC4C)cc3)C2C1. The predicted molar refractivity (Wildman–Crippen MR) is 109 cm³/mol. The highest BCUT2D eigenvalue weighted by Crippen LogP contribution is 2.43. The lowest BCUT2D eigenvalue weighted by Crippen LogP contribution is -2.30. The zero-order valence-electron chi connectivity index (χ0n) is 16.7. The van der Waals surface area contributed by atoms with Gasteiger partial charge in [-0.1, -0.05) is 30.3 Å². The fourth-order valence-electron chi connectivity index (χ4n) is 5.05. The first kappa shape index (κ1) is 18.5. The van der Waals surface area contributed by atoms with Crippen LogP contribution in [0.15, 0.2) is 30.3 Å². The molecule has 3 unspecified atom stereocenters. The Balaban J connectivity index is 1.36. The van der Waals surface area contributed by atoms with Gasteiger partial charge in [0.2, 0.25) is 0 Å². The molecule has 1 aliphatic carbocycles. The van der Waals surface area contributed by atoms with Crippen molar-refractivity contribution in [2.24, 2.45) is 11.8 Å². The maximum atomic E-state index is 12.0. The van der Waals surface area contributed by atoms with Crippen LogP contribution in [0.2, 0.25) is 0 Å². The van der Waals surface area contributed by atoms with Crippen molar-refractivity contribution >= 4 is 11.7 Å². The number of fused-ring (bicyclic) bond motifs is 1. The highest BCUT2D eigenvalue weighted by Gasteiger charge is 2.40. The Hall–Kier alpha value is -1.81. The molecular formula is C23H32N2O2. The van der Waals surface area contributed by atoms with Crippen molar-refractivity contribution in [2.75, 3.05) is 32.8 Å². The third kappa shape index (κ3) is 3.91. The van der Waals surface area contributed by atoms with Crippen molar-refractivity contribution in [3.05, 3.63) is 41.5 Å². The summed E-state index contributed by atoms with van der Waals surface area (Å²) in [4.78, 5) is 16.5. The normalized spacial score (nSPS) is 27.7. The topological polar surface area (TPSA) is 32.8 Å². The third-order valence-electron chi connectivity index (χ3n) is 6.67. The van der Waals surface area contributed by atoms with Crippen LogP contribution < -0.4 is 0 Å². The molecule has 3 aliphatic rings. The first-order valence-corrected chi connectivity index (χ1v) is 10.6. The van der Waals surface area contributed by atoms with Crippen molar-refractivity contribution in [2.45, 2.75) is 45.6 Å². The lowest BCUT2D eigenvalue weighted by atomic mass is 9.90. The van der Waals surface area contributed by atoms with E-state index in [9.17, 15) is 4.79 Å². The second-order valence-electron chi connectivity index (χ2n) is 8.34. The third-order valence-corrected chi connectivity index (χ3v) is 6.67. The molecule has 4 rings (SSSR count). The second-order valence-corrected chi connectivity index (χ2v) is 8.34. The van der Waals surface area contributed by atoms with Gasteiger partial charge in [0.15, 0.2) is 0 Å². The van der Waals surface area contributed by atoms with Gasteiger partial charge in [-0.05, 0) is 68.7 Å². The van der Waals surface area contributed by atoms with E-state index in [-0.39, 0.29) is 6.09 Å². The van der Waals surface area contributed by atoms with Gasteiger partial charge in [-0.3, -0.25) is 0 Å². The fraction of sp³-hybridized carbons (Fsp3) is 0.609. The molecule has 2 aliphatic heterocycles. The number of carbonyl (C=O) groups excluding carboxylic acids is 1. The summed E-state index contributed by atoms with van der Waals surface area (Å²) in [7, 11) is 0. The van der Waals surface area contributed by atoms with Crippen molar-refractivity contribution in [3.8, 4) is 0 Å². The van der Waals surface area contributed by atoms with Crippen LogP contribution in [0.4, 0.5) is 4.79 Å². The first-order chi connectivity index (χ1) is 13.2. The molecule has 146 valence electrons. The van der Waals surface area contributed by atoms with E-state index in [1.165, 1.54) is 42.6 Å². The smallest absolute Gasteiger partial charge is 0.409 e. The van der Waals surface area contributed by atoms with Crippen molar-refractivity contribution < 1.29 is 9.53 Å². The monoisotopic (exact) mass is 368 g/mol. The lowest BCUT2D eigenvalue weighted by molar-refractivity contribution is 0.114. The minimum absolute atomic E-state index is 0.155. The maximum Gasteiger partial charge on any atom is 0.409 e. The Morgan fingerprint density at radius 2 is 2.04 bits per heavy atom. The second kappa shape index (κ2) is 8.05. The molecule has 1 aromatic carbocycles. The molecule has 2 fully saturated rings. The molecule has 0 aromatic heterocycles. The fourth-order valence-corrected chi connectivity index (χ4v) is 5.05. The molecule has 0 saturated carbocycles. The quantitative estimate of drug-likeness (QED) is 0.781. The van der Waals surface area contributed by atoms with E-state index in [1.807, 2.05) is 11.8 Å². The van der Waals surface area contributed by atoms with Gasteiger partial charge in [-0.25, -0.2) is 4.79 Å². The van der Waals surface area contributed by atoms with E-state index in [0.717, 1.165) is 32.0 Å². The van der Waals surface area contributed by atoms with Gasteiger partial charge < -0.3 is 14.5 Å². The van der Waals surface area contributed by atoms with Gasteiger partial charge in [0, 0.05) is 31.6 Å². The molecule has 27 heavy (non-hydrogen) atoms. The van der Waals surface area contributed by atoms with E-state index >= 15 is 0 Å². The van der Waals surface area contributed by atoms with Gasteiger partial charge in [0.1, 0.15) is 0 Å². The minimum Gasteiger partial charge on any atom is -0.450 e. The average molecular weight is 369 g/mol. The molecule has 2 heterocycles. The van der Waals surface area contributed by atoms with Crippen LogP contribution in [0, 0.1) is 11.8 Å². The van der Waals surface area contributed by atoms with Crippen LogP contribution in [0.1, 0.15) is 44.2 Å². The van der Waals surface area contributed by atoms with Gasteiger partial charge in [0.25, 0.3) is 0 Å². The summed E-state index contributed by atoms with van der Waals surface area (Å²) in [6.45, 7) is 8.71. The van der Waals surface area contributed by atoms with Crippen LogP contribution in [0.5, 0.6) is 0 Å². The van der Waals surface area contributed by atoms with Gasteiger partial charge in [0.05, 0.1) is 6.61 Å². The average Bonchev–Trinajstić information content (AvgIpc) is 3.36. The number of nitrogens with zero attached hydrogens (tertiary/aromatic N) is 2. The van der Waals surface area contributed by atoms with Gasteiger partial charge in [-0.2, -0.15) is 0 Å². The van der Waals surface area contributed by atoms with Crippen molar-refractivity contribution in [3.63, 3.8) is 0 Å². The van der Waals surface area contributed by atoms with Gasteiger partial charge >= 0.3 is 6.09 Å². The number of hydrogen-bond donors (Lipinski definition) is 0. The summed E-state index contributed by atoms with van der Waals surface area (Å²) in [5.41, 5.74) is 4.17. The summed E-state index contributed by atoms with van der Waals surface area (Å²) in [6.07, 6.45) is 7.13. The molecular weight excluding hydrogens is 336 g/mol. The van der Waals surface area contributed by atoms with Crippen molar-refractivity contribution in [1.82, 2.24) is 9.80 Å². The maximum absolute atomic E-state index is 12.0. The summed E-state index contributed by atoms with van der Waals surface area (Å²) >= 11 is 0. The Morgan fingerprint density at radius 3 is 2.74 bits per heavy atom. The number of ether oxygens (including phenoxy) is 1. The molecule has 0 N–H and O–H groups in total. The number of amides is 1. The van der Waals surface area contributed by atoms with Crippen LogP contribution in [-0.4, -0.2) is 54.7 Å². The minimum atomic E-state index is -0.155. The van der Waals surface area contributed by atoms with E-state index < -0.39 is 0 Å². The Morgan fingerprint density at radius 1 is 1.22 bits per heavy atom. The van der Waals surface area contributed by atoms with Crippen LogP contribution in [-0.2, 0) is 11.2 Å². The molecule has 0 bridgehead atoms. The van der Waals surface area contributed by atoms with Crippen LogP contribution >= 0.6 is 0 Å². The standard InChI is InChI=1S/C23H32N2O2/c1-3-27-23(26)25-15-20-10-11-21(22(20)16-25)19-8-6-18(7-9-19)12-14-24-13-4-5-17(24)2/h6-9,11,17,20,22H,3-5,10,12-16H2,1-2H3. The molecule has 0 radical (unpaired) electrons. The largest absolute Gasteiger partial charge is 0.450 e. The number of hydrogen-bond acceptors (Lipinski definition) is 3. The van der Waals surface area contributed by atoms with E-state index in [4.69, 9.17) is 4.74 Å². The van der Waals surface area contributed by atoms with Crippen molar-refractivity contribution in [1.29, 1.82) is 0 Å². The zero-order chi connectivity index (χ0) is 18.8. The highest BCUT2D eigenvalue weighted by atomic mass is 16.6. The number of rotatable bonds is 5. The Labute approximate surface area is 163 Å².